The zero-order valence-electron chi connectivity index (χ0n) is 10.2. The lowest BCUT2D eigenvalue weighted by molar-refractivity contribution is 0.000665. The molecule has 15 heavy (non-hydrogen) atoms. The third-order valence-electron chi connectivity index (χ3n) is 4.64. The van der Waals surface area contributed by atoms with Crippen molar-refractivity contribution < 1.29 is 5.11 Å². The van der Waals surface area contributed by atoms with Crippen molar-refractivity contribution in [2.75, 3.05) is 19.6 Å². The van der Waals surface area contributed by atoms with E-state index in [0.29, 0.717) is 0 Å². The van der Waals surface area contributed by atoms with Crippen LogP contribution in [0.4, 0.5) is 0 Å². The summed E-state index contributed by atoms with van der Waals surface area (Å²) in [6, 6.07) is 0. The fourth-order valence-electron chi connectivity index (χ4n) is 3.35. The molecule has 2 heteroatoms. The van der Waals surface area contributed by atoms with Gasteiger partial charge in [-0.1, -0.05) is 20.3 Å². The molecule has 0 radical (unpaired) electrons. The molecule has 0 bridgehead atoms. The van der Waals surface area contributed by atoms with E-state index < -0.39 is 5.60 Å². The first-order valence-corrected chi connectivity index (χ1v) is 6.61. The van der Waals surface area contributed by atoms with Gasteiger partial charge >= 0.3 is 0 Å². The van der Waals surface area contributed by atoms with Gasteiger partial charge in [-0.15, -0.1) is 0 Å². The lowest BCUT2D eigenvalue weighted by Crippen LogP contribution is -2.41. The number of hydrogen-bond donors (Lipinski definition) is 1. The molecule has 2 atom stereocenters. The van der Waals surface area contributed by atoms with E-state index in [1.54, 1.807) is 0 Å². The van der Waals surface area contributed by atoms with Gasteiger partial charge in [0.2, 0.25) is 0 Å². The molecule has 1 saturated carbocycles. The van der Waals surface area contributed by atoms with Gasteiger partial charge in [0.15, 0.2) is 0 Å². The van der Waals surface area contributed by atoms with Gasteiger partial charge < -0.3 is 5.11 Å². The number of fused-ring (bicyclic) bond motifs is 1. The maximum atomic E-state index is 10.3. The minimum Gasteiger partial charge on any atom is -0.389 e. The molecule has 0 aromatic rings. The minimum atomic E-state index is -0.432. The van der Waals surface area contributed by atoms with Gasteiger partial charge in [0.1, 0.15) is 0 Å². The van der Waals surface area contributed by atoms with Crippen LogP contribution in [0.15, 0.2) is 0 Å². The number of nitrogens with zero attached hydrogens (tertiary/aromatic N) is 1. The van der Waals surface area contributed by atoms with Crippen LogP contribution in [0.25, 0.3) is 0 Å². The summed E-state index contributed by atoms with van der Waals surface area (Å²) < 4.78 is 0. The lowest BCUT2D eigenvalue weighted by atomic mass is 9.97. The molecule has 2 rings (SSSR count). The van der Waals surface area contributed by atoms with Crippen LogP contribution in [0.5, 0.6) is 0 Å². The Bertz CT molecular complexity index is 201. The fraction of sp³-hybridized carbons (Fsp3) is 1.00. The molecule has 1 aliphatic carbocycles. The van der Waals surface area contributed by atoms with E-state index in [0.717, 1.165) is 31.2 Å². The Kier molecular flexibility index (Phi) is 3.36. The Balaban J connectivity index is 1.86. The summed E-state index contributed by atoms with van der Waals surface area (Å²) in [6.45, 7) is 7.58. The van der Waals surface area contributed by atoms with Crippen molar-refractivity contribution in [3.8, 4) is 0 Å². The Labute approximate surface area is 93.7 Å². The van der Waals surface area contributed by atoms with Crippen LogP contribution in [-0.4, -0.2) is 35.2 Å². The normalized spacial score (nSPS) is 32.2. The van der Waals surface area contributed by atoms with Crippen molar-refractivity contribution in [3.63, 3.8) is 0 Å². The Hall–Kier alpha value is -0.0800. The molecule has 0 spiro atoms. The Morgan fingerprint density at radius 2 is 1.67 bits per heavy atom. The van der Waals surface area contributed by atoms with Gasteiger partial charge in [-0.25, -0.2) is 0 Å². The van der Waals surface area contributed by atoms with Crippen LogP contribution < -0.4 is 0 Å². The van der Waals surface area contributed by atoms with Crippen LogP contribution in [-0.2, 0) is 0 Å². The van der Waals surface area contributed by atoms with Crippen LogP contribution in [0.2, 0.25) is 0 Å². The topological polar surface area (TPSA) is 23.5 Å². The highest BCUT2D eigenvalue weighted by Crippen LogP contribution is 2.38. The Morgan fingerprint density at radius 3 is 2.13 bits per heavy atom. The fourth-order valence-corrected chi connectivity index (χ4v) is 3.35. The van der Waals surface area contributed by atoms with Gasteiger partial charge in [-0.05, 0) is 37.5 Å². The first-order valence-electron chi connectivity index (χ1n) is 6.61. The number of β-amino-alcohol motifs (C(OH)–C–C–N with tert-alkyl or cyclic N) is 1. The summed E-state index contributed by atoms with van der Waals surface area (Å²) in [6.07, 6.45) is 6.06. The molecule has 0 amide bonds. The highest BCUT2D eigenvalue weighted by atomic mass is 16.3. The van der Waals surface area contributed by atoms with Crippen LogP contribution in [0.3, 0.4) is 0 Å². The molecule has 1 N–H and O–H groups in total. The summed E-state index contributed by atoms with van der Waals surface area (Å²) in [5.41, 5.74) is -0.432. The average molecular weight is 211 g/mol. The highest BCUT2D eigenvalue weighted by molar-refractivity contribution is 4.91. The number of hydrogen-bond acceptors (Lipinski definition) is 2. The zero-order chi connectivity index (χ0) is 10.9. The molecule has 2 aliphatic rings. The van der Waals surface area contributed by atoms with Crippen molar-refractivity contribution >= 4 is 0 Å². The number of likely N-dealkylation sites (tertiary alicyclic amines) is 1. The molecule has 2 nitrogen and oxygen atoms in total. The van der Waals surface area contributed by atoms with Gasteiger partial charge in [-0.3, -0.25) is 4.90 Å². The van der Waals surface area contributed by atoms with E-state index in [9.17, 15) is 5.11 Å². The van der Waals surface area contributed by atoms with E-state index in [2.05, 4.69) is 18.7 Å². The molecule has 0 aromatic heterocycles. The summed E-state index contributed by atoms with van der Waals surface area (Å²) in [5, 5.41) is 10.3. The SMILES string of the molecule is CCC(O)(CC)CN1CC2CCCC2C1. The van der Waals surface area contributed by atoms with Crippen molar-refractivity contribution in [1.29, 1.82) is 0 Å². The second-order valence-electron chi connectivity index (χ2n) is 5.58. The Morgan fingerprint density at radius 1 is 1.13 bits per heavy atom. The van der Waals surface area contributed by atoms with E-state index in [-0.39, 0.29) is 0 Å². The summed E-state index contributed by atoms with van der Waals surface area (Å²) in [5.74, 6) is 1.89. The number of rotatable bonds is 4. The quantitative estimate of drug-likeness (QED) is 0.771. The maximum Gasteiger partial charge on any atom is 0.0768 e. The maximum absolute atomic E-state index is 10.3. The van der Waals surface area contributed by atoms with Crippen LogP contribution in [0.1, 0.15) is 46.0 Å². The van der Waals surface area contributed by atoms with E-state index in [1.165, 1.54) is 32.4 Å². The minimum absolute atomic E-state index is 0.432. The molecule has 1 heterocycles. The predicted octanol–water partition coefficient (Wildman–Crippen LogP) is 2.27. The second-order valence-corrected chi connectivity index (χ2v) is 5.58. The average Bonchev–Trinajstić information content (AvgIpc) is 2.77. The first kappa shape index (κ1) is 11.4. The molecule has 2 fully saturated rings. The smallest absolute Gasteiger partial charge is 0.0768 e. The third kappa shape index (κ3) is 2.36. The van der Waals surface area contributed by atoms with Crippen LogP contribution in [0, 0.1) is 11.8 Å². The van der Waals surface area contributed by atoms with E-state index in [4.69, 9.17) is 0 Å². The molecule has 0 aromatic carbocycles. The van der Waals surface area contributed by atoms with Crippen molar-refractivity contribution in [2.24, 2.45) is 11.8 Å². The molecular formula is C13H25NO. The summed E-state index contributed by atoms with van der Waals surface area (Å²) >= 11 is 0. The van der Waals surface area contributed by atoms with Gasteiger partial charge in [0.05, 0.1) is 5.60 Å². The standard InChI is InChI=1S/C13H25NO/c1-3-13(15,4-2)10-14-8-11-6-5-7-12(11)9-14/h11-12,15H,3-10H2,1-2H3. The molecular weight excluding hydrogens is 186 g/mol. The second kappa shape index (κ2) is 4.42. The van der Waals surface area contributed by atoms with Gasteiger partial charge in [-0.2, -0.15) is 0 Å². The number of aliphatic hydroxyl groups is 1. The van der Waals surface area contributed by atoms with Crippen LogP contribution >= 0.6 is 0 Å². The van der Waals surface area contributed by atoms with Gasteiger partial charge in [0.25, 0.3) is 0 Å². The zero-order valence-corrected chi connectivity index (χ0v) is 10.2. The summed E-state index contributed by atoms with van der Waals surface area (Å²) in [4.78, 5) is 2.50. The molecule has 88 valence electrons. The van der Waals surface area contributed by atoms with Crippen molar-refractivity contribution in [1.82, 2.24) is 4.90 Å². The predicted molar refractivity (Wildman–Crippen MR) is 62.8 cm³/mol. The molecule has 2 unspecified atom stereocenters. The van der Waals surface area contributed by atoms with Crippen molar-refractivity contribution in [3.05, 3.63) is 0 Å². The largest absolute Gasteiger partial charge is 0.389 e. The highest BCUT2D eigenvalue weighted by Gasteiger charge is 2.38. The lowest BCUT2D eigenvalue weighted by Gasteiger charge is -2.31. The molecule has 1 saturated heterocycles. The van der Waals surface area contributed by atoms with Crippen molar-refractivity contribution in [2.45, 2.75) is 51.6 Å². The monoisotopic (exact) mass is 211 g/mol. The van der Waals surface area contributed by atoms with Gasteiger partial charge in [0, 0.05) is 19.6 Å². The third-order valence-corrected chi connectivity index (χ3v) is 4.64. The van der Waals surface area contributed by atoms with E-state index in [1.807, 2.05) is 0 Å². The first-order chi connectivity index (χ1) is 7.17. The molecule has 1 aliphatic heterocycles. The van der Waals surface area contributed by atoms with E-state index >= 15 is 0 Å². The summed E-state index contributed by atoms with van der Waals surface area (Å²) in [7, 11) is 0.